The third-order valence-corrected chi connectivity index (χ3v) is 4.78. The van der Waals surface area contributed by atoms with Gasteiger partial charge in [0.15, 0.2) is 0 Å². The van der Waals surface area contributed by atoms with Gasteiger partial charge in [0.2, 0.25) is 5.91 Å². The number of imide groups is 1. The Morgan fingerprint density at radius 2 is 1.79 bits per heavy atom. The lowest BCUT2D eigenvalue weighted by Gasteiger charge is -2.21. The number of nitrogens with zero attached hydrogens (tertiary/aromatic N) is 1. The second-order valence-corrected chi connectivity index (χ2v) is 6.92. The van der Waals surface area contributed by atoms with Gasteiger partial charge in [-0.3, -0.25) is 14.5 Å². The van der Waals surface area contributed by atoms with Crippen LogP contribution in [0.25, 0.3) is 0 Å². The fourth-order valence-electron chi connectivity index (χ4n) is 3.12. The molecule has 0 spiro atoms. The molecule has 2 aromatic carbocycles. The molecule has 0 saturated carbocycles. The van der Waals surface area contributed by atoms with Crippen molar-refractivity contribution in [1.29, 1.82) is 0 Å². The van der Waals surface area contributed by atoms with Crippen LogP contribution in [0.2, 0.25) is 0 Å². The van der Waals surface area contributed by atoms with Crippen LogP contribution in [0.5, 0.6) is 5.75 Å². The number of rotatable bonds is 7. The third-order valence-electron chi connectivity index (χ3n) is 4.78. The van der Waals surface area contributed by atoms with Gasteiger partial charge in [-0.15, -0.1) is 0 Å². The smallest absolute Gasteiger partial charge is 0.325 e. The predicted molar refractivity (Wildman–Crippen MR) is 105 cm³/mol. The van der Waals surface area contributed by atoms with E-state index in [0.717, 1.165) is 10.5 Å². The molecule has 1 atom stereocenters. The summed E-state index contributed by atoms with van der Waals surface area (Å²) < 4.78 is 5.07. The standard InChI is InChI=1S/C21H23N3O4/c1-21(13-12-15-6-4-3-5-7-15)19(26)24(20(27)23-21)14-18(25)22-16-8-10-17(28-2)11-9-16/h3-11H,12-14H2,1-2H3,(H,22,25)(H,23,27)/t21-/m0/s1. The lowest BCUT2D eigenvalue weighted by atomic mass is 9.93. The van der Waals surface area contributed by atoms with Crippen LogP contribution in [0.4, 0.5) is 10.5 Å². The van der Waals surface area contributed by atoms with Gasteiger partial charge in [-0.25, -0.2) is 4.79 Å². The van der Waals surface area contributed by atoms with E-state index in [4.69, 9.17) is 4.74 Å². The van der Waals surface area contributed by atoms with Crippen molar-refractivity contribution in [3.8, 4) is 5.75 Å². The van der Waals surface area contributed by atoms with Gasteiger partial charge in [0.1, 0.15) is 17.8 Å². The van der Waals surface area contributed by atoms with Crippen molar-refractivity contribution in [2.24, 2.45) is 0 Å². The number of amides is 4. The Bertz CT molecular complexity index is 867. The molecule has 2 aromatic rings. The summed E-state index contributed by atoms with van der Waals surface area (Å²) in [5, 5.41) is 5.40. The SMILES string of the molecule is COc1ccc(NC(=O)CN2C(=O)N[C@@](C)(CCc3ccccc3)C2=O)cc1. The highest BCUT2D eigenvalue weighted by Crippen LogP contribution is 2.23. The topological polar surface area (TPSA) is 87.7 Å². The molecule has 0 aliphatic carbocycles. The molecule has 1 aliphatic heterocycles. The zero-order valence-corrected chi connectivity index (χ0v) is 15.9. The molecule has 4 amide bonds. The number of urea groups is 1. The molecule has 28 heavy (non-hydrogen) atoms. The number of nitrogens with one attached hydrogen (secondary N) is 2. The first kappa shape index (κ1) is 19.4. The Hall–Kier alpha value is -3.35. The molecule has 3 rings (SSSR count). The average Bonchev–Trinajstić information content (AvgIpc) is 2.91. The number of ether oxygens (including phenoxy) is 1. The van der Waals surface area contributed by atoms with Crippen molar-refractivity contribution in [2.45, 2.75) is 25.3 Å². The van der Waals surface area contributed by atoms with E-state index in [1.165, 1.54) is 0 Å². The van der Waals surface area contributed by atoms with Crippen LogP contribution in [-0.4, -0.2) is 41.9 Å². The van der Waals surface area contributed by atoms with E-state index in [9.17, 15) is 14.4 Å². The summed E-state index contributed by atoms with van der Waals surface area (Å²) >= 11 is 0. The van der Waals surface area contributed by atoms with Crippen molar-refractivity contribution < 1.29 is 19.1 Å². The number of carbonyl (C=O) groups is 3. The van der Waals surface area contributed by atoms with Gasteiger partial charge < -0.3 is 15.4 Å². The van der Waals surface area contributed by atoms with Crippen LogP contribution >= 0.6 is 0 Å². The Balaban J connectivity index is 1.59. The van der Waals surface area contributed by atoms with Gasteiger partial charge in [0.25, 0.3) is 5.91 Å². The maximum Gasteiger partial charge on any atom is 0.325 e. The molecule has 0 radical (unpaired) electrons. The van der Waals surface area contributed by atoms with Gasteiger partial charge in [-0.1, -0.05) is 30.3 Å². The molecule has 1 fully saturated rings. The molecular formula is C21H23N3O4. The van der Waals surface area contributed by atoms with Crippen LogP contribution in [0.3, 0.4) is 0 Å². The highest BCUT2D eigenvalue weighted by atomic mass is 16.5. The van der Waals surface area contributed by atoms with Crippen LogP contribution in [-0.2, 0) is 16.0 Å². The van der Waals surface area contributed by atoms with E-state index in [0.29, 0.717) is 24.3 Å². The number of aryl methyl sites for hydroxylation is 1. The summed E-state index contributed by atoms with van der Waals surface area (Å²) in [7, 11) is 1.56. The number of benzene rings is 2. The van der Waals surface area contributed by atoms with Crippen LogP contribution in [0.1, 0.15) is 18.9 Å². The maximum absolute atomic E-state index is 12.8. The Kier molecular flexibility index (Phi) is 5.63. The van der Waals surface area contributed by atoms with E-state index in [1.54, 1.807) is 38.3 Å². The first-order valence-electron chi connectivity index (χ1n) is 9.03. The highest BCUT2D eigenvalue weighted by Gasteiger charge is 2.47. The quantitative estimate of drug-likeness (QED) is 0.722. The van der Waals surface area contributed by atoms with Crippen molar-refractivity contribution in [2.75, 3.05) is 19.0 Å². The first-order valence-corrected chi connectivity index (χ1v) is 9.03. The second kappa shape index (κ2) is 8.12. The second-order valence-electron chi connectivity index (χ2n) is 6.92. The van der Waals surface area contributed by atoms with Crippen LogP contribution in [0, 0.1) is 0 Å². The molecule has 1 aliphatic rings. The van der Waals surface area contributed by atoms with E-state index in [-0.39, 0.29) is 6.54 Å². The molecule has 1 saturated heterocycles. The lowest BCUT2D eigenvalue weighted by molar-refractivity contribution is -0.133. The third kappa shape index (κ3) is 4.31. The molecular weight excluding hydrogens is 358 g/mol. The summed E-state index contributed by atoms with van der Waals surface area (Å²) in [5.41, 5.74) is 0.624. The minimum atomic E-state index is -1.02. The summed E-state index contributed by atoms with van der Waals surface area (Å²) in [4.78, 5) is 38.3. The average molecular weight is 381 g/mol. The predicted octanol–water partition coefficient (Wildman–Crippen LogP) is 2.58. The number of hydrogen-bond acceptors (Lipinski definition) is 4. The van der Waals surface area contributed by atoms with E-state index < -0.39 is 23.4 Å². The summed E-state index contributed by atoms with van der Waals surface area (Å²) in [5.74, 6) is -0.166. The Morgan fingerprint density at radius 1 is 1.11 bits per heavy atom. The zero-order valence-electron chi connectivity index (χ0n) is 15.9. The normalized spacial score (nSPS) is 18.7. The van der Waals surface area contributed by atoms with Gasteiger partial charge in [-0.05, 0) is 49.6 Å². The molecule has 7 nitrogen and oxygen atoms in total. The fourth-order valence-corrected chi connectivity index (χ4v) is 3.12. The van der Waals surface area contributed by atoms with Crippen LogP contribution in [0.15, 0.2) is 54.6 Å². The summed E-state index contributed by atoms with van der Waals surface area (Å²) in [6.45, 7) is 1.36. The summed E-state index contributed by atoms with van der Waals surface area (Å²) in [6, 6.07) is 16.0. The largest absolute Gasteiger partial charge is 0.497 e. The number of anilines is 1. The minimum absolute atomic E-state index is 0.336. The van der Waals surface area contributed by atoms with Gasteiger partial charge in [-0.2, -0.15) is 0 Å². The van der Waals surface area contributed by atoms with Crippen molar-refractivity contribution in [3.63, 3.8) is 0 Å². The Labute approximate surface area is 163 Å². The van der Waals surface area contributed by atoms with Crippen molar-refractivity contribution in [1.82, 2.24) is 10.2 Å². The first-order chi connectivity index (χ1) is 13.4. The summed E-state index contributed by atoms with van der Waals surface area (Å²) in [6.07, 6.45) is 1.10. The monoisotopic (exact) mass is 381 g/mol. The van der Waals surface area contributed by atoms with Crippen LogP contribution < -0.4 is 15.4 Å². The number of carbonyl (C=O) groups excluding carboxylic acids is 3. The maximum atomic E-state index is 12.8. The molecule has 0 unspecified atom stereocenters. The van der Waals surface area contributed by atoms with Gasteiger partial charge in [0.05, 0.1) is 7.11 Å². The molecule has 0 aromatic heterocycles. The van der Waals surface area contributed by atoms with E-state index in [2.05, 4.69) is 10.6 Å². The minimum Gasteiger partial charge on any atom is -0.497 e. The molecule has 0 bridgehead atoms. The molecule has 146 valence electrons. The molecule has 2 N–H and O–H groups in total. The molecule has 7 heteroatoms. The van der Waals surface area contributed by atoms with Gasteiger partial charge in [0, 0.05) is 5.69 Å². The van der Waals surface area contributed by atoms with Crippen molar-refractivity contribution in [3.05, 3.63) is 60.2 Å². The van der Waals surface area contributed by atoms with Crippen molar-refractivity contribution >= 4 is 23.5 Å². The number of hydrogen-bond donors (Lipinski definition) is 2. The lowest BCUT2D eigenvalue weighted by Crippen LogP contribution is -2.45. The fraction of sp³-hybridized carbons (Fsp3) is 0.286. The zero-order chi connectivity index (χ0) is 20.1. The van der Waals surface area contributed by atoms with E-state index in [1.807, 2.05) is 30.3 Å². The van der Waals surface area contributed by atoms with E-state index >= 15 is 0 Å². The Morgan fingerprint density at radius 3 is 2.43 bits per heavy atom. The molecule has 1 heterocycles. The highest BCUT2D eigenvalue weighted by molar-refractivity contribution is 6.09. The van der Waals surface area contributed by atoms with Gasteiger partial charge >= 0.3 is 6.03 Å². The number of methoxy groups -OCH3 is 1.